The van der Waals surface area contributed by atoms with Crippen molar-refractivity contribution in [1.29, 1.82) is 0 Å². The molecular weight excluding hydrogens is 492 g/mol. The molecule has 5 rings (SSSR count). The van der Waals surface area contributed by atoms with Gasteiger partial charge in [0.05, 0.1) is 22.2 Å². The zero-order valence-electron chi connectivity index (χ0n) is 19.5. The summed E-state index contributed by atoms with van der Waals surface area (Å²) in [7, 11) is 0. The first-order valence-electron chi connectivity index (χ1n) is 11.2. The number of aromatic nitrogens is 2. The van der Waals surface area contributed by atoms with Gasteiger partial charge in [-0.1, -0.05) is 24.3 Å². The molecule has 0 aliphatic rings. The lowest BCUT2D eigenvalue weighted by atomic mass is 9.94. The summed E-state index contributed by atoms with van der Waals surface area (Å²) in [5, 5.41) is 38.9. The SMILES string of the molecule is O=C(O)c1ccc(-c2ccnc3c2ccc2c(-c4ccc(C(=O)O)c(C(=O)O)c4)ccnc23)cc1OCO. The van der Waals surface area contributed by atoms with Gasteiger partial charge >= 0.3 is 17.9 Å². The number of nitrogens with zero attached hydrogens (tertiary/aromatic N) is 2. The van der Waals surface area contributed by atoms with Crippen LogP contribution >= 0.6 is 0 Å². The number of hydrogen-bond acceptors (Lipinski definition) is 7. The first-order valence-corrected chi connectivity index (χ1v) is 11.2. The number of carboxylic acids is 3. The minimum absolute atomic E-state index is 0.0164. The van der Waals surface area contributed by atoms with E-state index in [4.69, 9.17) is 4.74 Å². The number of carboxylic acid groups (broad SMARTS) is 3. The van der Waals surface area contributed by atoms with E-state index in [9.17, 15) is 34.8 Å². The van der Waals surface area contributed by atoms with E-state index in [1.807, 2.05) is 12.1 Å². The molecule has 2 aromatic heterocycles. The molecule has 0 fully saturated rings. The van der Waals surface area contributed by atoms with Crippen LogP contribution in [0.15, 0.2) is 73.1 Å². The third kappa shape index (κ3) is 4.14. The van der Waals surface area contributed by atoms with E-state index in [-0.39, 0.29) is 22.4 Å². The number of aromatic carboxylic acids is 3. The molecule has 0 saturated heterocycles. The molecule has 4 N–H and O–H groups in total. The van der Waals surface area contributed by atoms with Crippen LogP contribution in [0.4, 0.5) is 0 Å². The number of aliphatic hydroxyl groups excluding tert-OH is 1. The first-order chi connectivity index (χ1) is 18.3. The molecule has 38 heavy (non-hydrogen) atoms. The van der Waals surface area contributed by atoms with Crippen LogP contribution in [0, 0.1) is 0 Å². The Morgan fingerprint density at radius 2 is 1.13 bits per heavy atom. The van der Waals surface area contributed by atoms with Crippen LogP contribution in [0.25, 0.3) is 44.1 Å². The smallest absolute Gasteiger partial charge is 0.339 e. The number of carbonyl (C=O) groups is 3. The summed E-state index contributed by atoms with van der Waals surface area (Å²) in [5.74, 6) is -3.86. The van der Waals surface area contributed by atoms with Gasteiger partial charge in [0.2, 0.25) is 0 Å². The van der Waals surface area contributed by atoms with Crippen LogP contribution in [0.3, 0.4) is 0 Å². The molecule has 5 aromatic rings. The number of pyridine rings is 2. The fourth-order valence-corrected chi connectivity index (χ4v) is 4.46. The lowest BCUT2D eigenvalue weighted by Gasteiger charge is -2.13. The first kappa shape index (κ1) is 24.3. The molecular formula is C28H18N2O8. The summed E-state index contributed by atoms with van der Waals surface area (Å²) in [4.78, 5) is 43.7. The van der Waals surface area contributed by atoms with Crippen molar-refractivity contribution in [2.75, 3.05) is 6.79 Å². The summed E-state index contributed by atoms with van der Waals surface area (Å²) in [6, 6.07) is 15.8. The van der Waals surface area contributed by atoms with Gasteiger partial charge in [-0.05, 0) is 58.7 Å². The molecule has 0 aliphatic heterocycles. The highest BCUT2D eigenvalue weighted by Crippen LogP contribution is 2.37. The van der Waals surface area contributed by atoms with E-state index in [0.717, 1.165) is 10.9 Å². The number of rotatable bonds is 7. The van der Waals surface area contributed by atoms with Gasteiger partial charge in [-0.2, -0.15) is 0 Å². The van der Waals surface area contributed by atoms with Crippen molar-refractivity contribution in [2.45, 2.75) is 0 Å². The highest BCUT2D eigenvalue weighted by Gasteiger charge is 2.19. The molecule has 10 nitrogen and oxygen atoms in total. The fraction of sp³-hybridized carbons (Fsp3) is 0.0357. The Bertz CT molecular complexity index is 1780. The van der Waals surface area contributed by atoms with Crippen molar-refractivity contribution >= 4 is 39.7 Å². The van der Waals surface area contributed by atoms with Crippen molar-refractivity contribution in [3.05, 3.63) is 89.7 Å². The molecule has 188 valence electrons. The predicted molar refractivity (Wildman–Crippen MR) is 137 cm³/mol. The van der Waals surface area contributed by atoms with Crippen LogP contribution in [-0.2, 0) is 0 Å². The lowest BCUT2D eigenvalue weighted by molar-refractivity contribution is 0.0651. The molecule has 2 heterocycles. The van der Waals surface area contributed by atoms with Crippen molar-refractivity contribution < 1.29 is 39.5 Å². The Balaban J connectivity index is 1.70. The second-order valence-corrected chi connectivity index (χ2v) is 8.24. The van der Waals surface area contributed by atoms with Crippen LogP contribution < -0.4 is 4.74 Å². The Hall–Kier alpha value is -5.35. The fourth-order valence-electron chi connectivity index (χ4n) is 4.46. The van der Waals surface area contributed by atoms with E-state index >= 15 is 0 Å². The summed E-state index contributed by atoms with van der Waals surface area (Å²) in [5.41, 5.74) is 2.87. The maximum Gasteiger partial charge on any atom is 0.339 e. The Labute approximate surface area is 214 Å². The third-order valence-electron chi connectivity index (χ3n) is 6.16. The van der Waals surface area contributed by atoms with E-state index in [1.54, 1.807) is 36.7 Å². The maximum atomic E-state index is 11.7. The summed E-state index contributed by atoms with van der Waals surface area (Å²) in [6.07, 6.45) is 3.15. The predicted octanol–water partition coefficient (Wildman–Crippen LogP) is 4.54. The number of hydrogen-bond donors (Lipinski definition) is 4. The average Bonchev–Trinajstić information content (AvgIpc) is 2.91. The molecule has 0 unspecified atom stereocenters. The molecule has 0 aliphatic carbocycles. The Morgan fingerprint density at radius 1 is 0.632 bits per heavy atom. The minimum atomic E-state index is -1.35. The summed E-state index contributed by atoms with van der Waals surface area (Å²) >= 11 is 0. The van der Waals surface area contributed by atoms with Crippen molar-refractivity contribution in [2.24, 2.45) is 0 Å². The van der Waals surface area contributed by atoms with Crippen molar-refractivity contribution in [3.8, 4) is 28.0 Å². The molecule has 0 atom stereocenters. The largest absolute Gasteiger partial charge is 0.478 e. The topological polar surface area (TPSA) is 167 Å². The molecule has 0 spiro atoms. The van der Waals surface area contributed by atoms with Crippen LogP contribution in [0.2, 0.25) is 0 Å². The average molecular weight is 510 g/mol. The van der Waals surface area contributed by atoms with Gasteiger partial charge in [0.15, 0.2) is 6.79 Å². The monoisotopic (exact) mass is 510 g/mol. The zero-order valence-corrected chi connectivity index (χ0v) is 19.5. The van der Waals surface area contributed by atoms with Gasteiger partial charge in [-0.15, -0.1) is 0 Å². The Morgan fingerprint density at radius 3 is 1.63 bits per heavy atom. The maximum absolute atomic E-state index is 11.7. The molecule has 3 aromatic carbocycles. The van der Waals surface area contributed by atoms with Crippen LogP contribution in [0.1, 0.15) is 31.1 Å². The van der Waals surface area contributed by atoms with Gasteiger partial charge in [0, 0.05) is 23.2 Å². The van der Waals surface area contributed by atoms with Gasteiger partial charge in [0.1, 0.15) is 11.3 Å². The van der Waals surface area contributed by atoms with E-state index < -0.39 is 24.7 Å². The minimum Gasteiger partial charge on any atom is -0.478 e. The number of benzene rings is 3. The second-order valence-electron chi connectivity index (χ2n) is 8.24. The number of aliphatic hydroxyl groups is 1. The number of ether oxygens (including phenoxy) is 1. The summed E-state index contributed by atoms with van der Waals surface area (Å²) in [6.45, 7) is -0.685. The lowest BCUT2D eigenvalue weighted by Crippen LogP contribution is -2.08. The highest BCUT2D eigenvalue weighted by atomic mass is 16.6. The van der Waals surface area contributed by atoms with E-state index in [1.165, 1.54) is 24.3 Å². The van der Waals surface area contributed by atoms with Crippen LogP contribution in [0.5, 0.6) is 5.75 Å². The van der Waals surface area contributed by atoms with E-state index in [2.05, 4.69) is 9.97 Å². The van der Waals surface area contributed by atoms with Gasteiger partial charge in [0.25, 0.3) is 0 Å². The van der Waals surface area contributed by atoms with Gasteiger partial charge in [-0.25, -0.2) is 14.4 Å². The molecule has 0 bridgehead atoms. The zero-order chi connectivity index (χ0) is 27.0. The molecule has 0 radical (unpaired) electrons. The van der Waals surface area contributed by atoms with Crippen molar-refractivity contribution in [3.63, 3.8) is 0 Å². The number of fused-ring (bicyclic) bond motifs is 3. The molecule has 10 heteroatoms. The quantitative estimate of drug-likeness (QED) is 0.180. The van der Waals surface area contributed by atoms with E-state index in [0.29, 0.717) is 33.1 Å². The van der Waals surface area contributed by atoms with Crippen molar-refractivity contribution in [1.82, 2.24) is 9.97 Å². The second kappa shape index (κ2) is 9.60. The normalized spacial score (nSPS) is 11.0. The summed E-state index contributed by atoms with van der Waals surface area (Å²) < 4.78 is 5.13. The Kier molecular flexibility index (Phi) is 6.15. The molecule has 0 saturated carbocycles. The molecule has 0 amide bonds. The van der Waals surface area contributed by atoms with Crippen LogP contribution in [-0.4, -0.2) is 55.1 Å². The highest BCUT2D eigenvalue weighted by molar-refractivity contribution is 6.12. The standard InChI is InChI=1S/C28H18N2O8/c31-13-38-23-12-15(2-4-21(23)27(34)35)17-8-10-30-25-19(17)6-5-18-16(7-9-29-24(18)25)14-1-3-20(26(32)33)22(11-14)28(36)37/h1-12,31H,13H2,(H,32,33)(H,34,35)(H,36,37). The van der Waals surface area contributed by atoms with Gasteiger partial charge < -0.3 is 25.2 Å². The van der Waals surface area contributed by atoms with Gasteiger partial charge in [-0.3, -0.25) is 9.97 Å². The third-order valence-corrected chi connectivity index (χ3v) is 6.16.